The molecule has 1 N–H and O–H groups in total. The van der Waals surface area contributed by atoms with Gasteiger partial charge >= 0.3 is 18.1 Å². The van der Waals surface area contributed by atoms with Crippen LogP contribution in [0.15, 0.2) is 24.3 Å². The number of benzene rings is 1. The number of esters is 1. The number of rotatable bonds is 10. The standard InChI is InChI=1S/C18H23F5O3/c1-26-16(25)7-4-5-13-8-10-14(11-9-13)15(24)6-2-3-12-17(19,20)18(21,22)23/h8-11,15,24H,2-7,12H2,1H3. The lowest BCUT2D eigenvalue weighted by molar-refractivity contribution is -0.284. The van der Waals surface area contributed by atoms with Gasteiger partial charge in [0.25, 0.3) is 0 Å². The number of hydrogen-bond donors (Lipinski definition) is 1. The topological polar surface area (TPSA) is 46.5 Å². The van der Waals surface area contributed by atoms with Gasteiger partial charge in [0.1, 0.15) is 0 Å². The van der Waals surface area contributed by atoms with Crippen LogP contribution in [0.3, 0.4) is 0 Å². The van der Waals surface area contributed by atoms with Crippen LogP contribution in [0.4, 0.5) is 22.0 Å². The molecule has 0 aliphatic heterocycles. The molecule has 1 aromatic rings. The lowest BCUT2D eigenvalue weighted by atomic mass is 9.99. The van der Waals surface area contributed by atoms with E-state index in [2.05, 4.69) is 4.74 Å². The molecule has 8 heteroatoms. The Hall–Kier alpha value is -1.70. The first kappa shape index (κ1) is 22.3. The molecule has 0 amide bonds. The van der Waals surface area contributed by atoms with E-state index < -0.39 is 24.6 Å². The Balaban J connectivity index is 2.37. The van der Waals surface area contributed by atoms with Crippen LogP contribution in [-0.4, -0.2) is 30.3 Å². The van der Waals surface area contributed by atoms with E-state index in [-0.39, 0.29) is 25.2 Å². The summed E-state index contributed by atoms with van der Waals surface area (Å²) in [6.45, 7) is 0. The van der Waals surface area contributed by atoms with Gasteiger partial charge in [0, 0.05) is 12.8 Å². The van der Waals surface area contributed by atoms with Gasteiger partial charge in [0.2, 0.25) is 0 Å². The maximum absolute atomic E-state index is 12.8. The van der Waals surface area contributed by atoms with Gasteiger partial charge in [-0.25, -0.2) is 0 Å². The minimum Gasteiger partial charge on any atom is -0.469 e. The van der Waals surface area contributed by atoms with Gasteiger partial charge in [-0.05, 0) is 36.8 Å². The highest BCUT2D eigenvalue weighted by Gasteiger charge is 2.56. The number of alkyl halides is 5. The molecule has 0 spiro atoms. The Morgan fingerprint density at radius 3 is 2.23 bits per heavy atom. The Kier molecular flexibility index (Phi) is 8.46. The zero-order valence-electron chi connectivity index (χ0n) is 14.5. The Labute approximate surface area is 149 Å². The summed E-state index contributed by atoms with van der Waals surface area (Å²) in [5, 5.41) is 10.0. The van der Waals surface area contributed by atoms with Crippen LogP contribution in [0.1, 0.15) is 55.8 Å². The average molecular weight is 382 g/mol. The van der Waals surface area contributed by atoms with E-state index in [9.17, 15) is 31.9 Å². The molecule has 0 saturated heterocycles. The number of aliphatic hydroxyl groups excluding tert-OH is 1. The summed E-state index contributed by atoms with van der Waals surface area (Å²) in [6, 6.07) is 6.94. The molecular weight excluding hydrogens is 359 g/mol. The Bertz CT molecular complexity index is 555. The summed E-state index contributed by atoms with van der Waals surface area (Å²) in [4.78, 5) is 11.0. The molecule has 0 heterocycles. The van der Waals surface area contributed by atoms with E-state index in [1.807, 2.05) is 0 Å². The number of aryl methyl sites for hydroxylation is 1. The number of carbonyl (C=O) groups is 1. The molecule has 1 atom stereocenters. The first-order valence-electron chi connectivity index (χ1n) is 8.35. The molecule has 148 valence electrons. The summed E-state index contributed by atoms with van der Waals surface area (Å²) < 4.78 is 66.3. The van der Waals surface area contributed by atoms with Crippen LogP contribution in [0.2, 0.25) is 0 Å². The maximum atomic E-state index is 12.8. The van der Waals surface area contributed by atoms with Crippen LogP contribution in [0.25, 0.3) is 0 Å². The molecule has 1 unspecified atom stereocenters. The molecule has 1 rings (SSSR count). The van der Waals surface area contributed by atoms with Gasteiger partial charge in [-0.2, -0.15) is 22.0 Å². The van der Waals surface area contributed by atoms with Crippen molar-refractivity contribution in [2.75, 3.05) is 7.11 Å². The summed E-state index contributed by atoms with van der Waals surface area (Å²) in [6.07, 6.45) is -6.28. The molecular formula is C18H23F5O3. The highest BCUT2D eigenvalue weighted by molar-refractivity contribution is 5.69. The minimum absolute atomic E-state index is 0.0632. The van der Waals surface area contributed by atoms with Crippen LogP contribution < -0.4 is 0 Å². The van der Waals surface area contributed by atoms with Crippen molar-refractivity contribution in [2.24, 2.45) is 0 Å². The number of carbonyl (C=O) groups excluding carboxylic acids is 1. The molecule has 0 aromatic heterocycles. The summed E-state index contributed by atoms with van der Waals surface area (Å²) in [5.41, 5.74) is 1.54. The van der Waals surface area contributed by atoms with Crippen molar-refractivity contribution in [1.29, 1.82) is 0 Å². The van der Waals surface area contributed by atoms with E-state index in [0.29, 0.717) is 24.8 Å². The number of aliphatic hydroxyl groups is 1. The molecule has 0 aliphatic carbocycles. The highest BCUT2D eigenvalue weighted by Crippen LogP contribution is 2.39. The SMILES string of the molecule is COC(=O)CCCc1ccc(C(O)CCCCC(F)(F)C(F)(F)F)cc1. The lowest BCUT2D eigenvalue weighted by Crippen LogP contribution is -2.36. The van der Waals surface area contributed by atoms with Crippen molar-refractivity contribution < 1.29 is 36.6 Å². The fourth-order valence-electron chi connectivity index (χ4n) is 2.44. The largest absolute Gasteiger partial charge is 0.469 e. The molecule has 0 fully saturated rings. The van der Waals surface area contributed by atoms with Crippen LogP contribution >= 0.6 is 0 Å². The fraction of sp³-hybridized carbons (Fsp3) is 0.611. The van der Waals surface area contributed by atoms with Gasteiger partial charge in [-0.1, -0.05) is 30.7 Å². The van der Waals surface area contributed by atoms with E-state index in [4.69, 9.17) is 0 Å². The Morgan fingerprint density at radius 2 is 1.69 bits per heavy atom. The minimum atomic E-state index is -5.53. The van der Waals surface area contributed by atoms with Crippen molar-refractivity contribution >= 4 is 5.97 Å². The number of methoxy groups -OCH3 is 1. The third kappa shape index (κ3) is 7.27. The highest BCUT2D eigenvalue weighted by atomic mass is 19.4. The fourth-order valence-corrected chi connectivity index (χ4v) is 2.44. The summed E-state index contributed by atoms with van der Waals surface area (Å²) in [7, 11) is 1.32. The van der Waals surface area contributed by atoms with Crippen LogP contribution in [0, 0.1) is 0 Å². The molecule has 26 heavy (non-hydrogen) atoms. The normalized spacial score (nSPS) is 13.5. The second-order valence-electron chi connectivity index (χ2n) is 6.14. The van der Waals surface area contributed by atoms with Crippen LogP contribution in [-0.2, 0) is 16.0 Å². The summed E-state index contributed by atoms with van der Waals surface area (Å²) >= 11 is 0. The number of hydrogen-bond acceptors (Lipinski definition) is 3. The van der Waals surface area contributed by atoms with Gasteiger partial charge in [0.15, 0.2) is 0 Å². The zero-order valence-corrected chi connectivity index (χ0v) is 14.5. The van der Waals surface area contributed by atoms with Crippen molar-refractivity contribution in [2.45, 2.75) is 63.1 Å². The Morgan fingerprint density at radius 1 is 1.08 bits per heavy atom. The van der Waals surface area contributed by atoms with Gasteiger partial charge in [-0.3, -0.25) is 4.79 Å². The quantitative estimate of drug-likeness (QED) is 0.353. The predicted octanol–water partition coefficient (Wildman–Crippen LogP) is 4.97. The zero-order chi connectivity index (χ0) is 19.8. The van der Waals surface area contributed by atoms with Crippen LogP contribution in [0.5, 0.6) is 0 Å². The average Bonchev–Trinajstić information content (AvgIpc) is 2.58. The van der Waals surface area contributed by atoms with Gasteiger partial charge in [-0.15, -0.1) is 0 Å². The summed E-state index contributed by atoms with van der Waals surface area (Å²) in [5.74, 6) is -4.97. The first-order valence-corrected chi connectivity index (χ1v) is 8.35. The van der Waals surface area contributed by atoms with Crippen molar-refractivity contribution in [1.82, 2.24) is 0 Å². The lowest BCUT2D eigenvalue weighted by Gasteiger charge is -2.19. The molecule has 0 radical (unpaired) electrons. The molecule has 1 aromatic carbocycles. The molecule has 0 bridgehead atoms. The van der Waals surface area contributed by atoms with Gasteiger partial charge in [0.05, 0.1) is 13.2 Å². The van der Waals surface area contributed by atoms with Crippen molar-refractivity contribution in [3.8, 4) is 0 Å². The first-order chi connectivity index (χ1) is 12.1. The smallest absolute Gasteiger partial charge is 0.453 e. The molecule has 3 nitrogen and oxygen atoms in total. The van der Waals surface area contributed by atoms with Crippen molar-refractivity contribution in [3.05, 3.63) is 35.4 Å². The number of halogens is 5. The monoisotopic (exact) mass is 382 g/mol. The second-order valence-corrected chi connectivity index (χ2v) is 6.14. The predicted molar refractivity (Wildman–Crippen MR) is 85.8 cm³/mol. The molecule has 0 aliphatic rings. The third-order valence-corrected chi connectivity index (χ3v) is 4.07. The maximum Gasteiger partial charge on any atom is 0.453 e. The molecule has 0 saturated carbocycles. The second kappa shape index (κ2) is 9.85. The number of unbranched alkanes of at least 4 members (excludes halogenated alkanes) is 1. The van der Waals surface area contributed by atoms with E-state index in [1.54, 1.807) is 24.3 Å². The van der Waals surface area contributed by atoms with E-state index in [1.165, 1.54) is 7.11 Å². The third-order valence-electron chi connectivity index (χ3n) is 4.07. The van der Waals surface area contributed by atoms with E-state index >= 15 is 0 Å². The number of ether oxygens (including phenoxy) is 1. The van der Waals surface area contributed by atoms with Crippen molar-refractivity contribution in [3.63, 3.8) is 0 Å². The van der Waals surface area contributed by atoms with E-state index in [0.717, 1.165) is 5.56 Å². The van der Waals surface area contributed by atoms with Gasteiger partial charge < -0.3 is 9.84 Å².